The Labute approximate surface area is 117 Å². The third-order valence-corrected chi connectivity index (χ3v) is 4.27. The summed E-state index contributed by atoms with van der Waals surface area (Å²) in [5.41, 5.74) is 0.711. The van der Waals surface area contributed by atoms with Gasteiger partial charge in [-0.3, -0.25) is 4.79 Å². The van der Waals surface area contributed by atoms with Crippen LogP contribution < -0.4 is 4.74 Å². The molecule has 0 radical (unpaired) electrons. The molecule has 90 valence electrons. The molecule has 1 heterocycles. The third kappa shape index (κ3) is 2.06. The summed E-state index contributed by atoms with van der Waals surface area (Å²) in [6, 6.07) is 11.4. The number of hydrogen-bond donors (Lipinski definition) is 0. The predicted molar refractivity (Wildman–Crippen MR) is 74.8 cm³/mol. The van der Waals surface area contributed by atoms with Crippen molar-refractivity contribution in [2.75, 3.05) is 0 Å². The quantitative estimate of drug-likeness (QED) is 0.596. The molecule has 1 aliphatic rings. The van der Waals surface area contributed by atoms with Crippen molar-refractivity contribution in [1.82, 2.24) is 0 Å². The van der Waals surface area contributed by atoms with Crippen molar-refractivity contribution in [1.29, 1.82) is 0 Å². The summed E-state index contributed by atoms with van der Waals surface area (Å²) in [5.74, 6) is 1.73. The molecule has 3 rings (SSSR count). The maximum absolute atomic E-state index is 11.4. The summed E-state index contributed by atoms with van der Waals surface area (Å²) in [4.78, 5) is 13.4. The van der Waals surface area contributed by atoms with E-state index >= 15 is 0 Å². The van der Waals surface area contributed by atoms with E-state index in [0.29, 0.717) is 5.56 Å². The number of rotatable bonds is 1. The van der Waals surface area contributed by atoms with E-state index in [4.69, 9.17) is 4.74 Å². The lowest BCUT2D eigenvalue weighted by Gasteiger charge is -2.20. The van der Waals surface area contributed by atoms with Gasteiger partial charge in [0.05, 0.1) is 9.79 Å². The first-order chi connectivity index (χ1) is 8.63. The Morgan fingerprint density at radius 3 is 2.50 bits per heavy atom. The molecule has 18 heavy (non-hydrogen) atoms. The topological polar surface area (TPSA) is 26.3 Å². The van der Waals surface area contributed by atoms with Crippen molar-refractivity contribution in [2.24, 2.45) is 0 Å². The summed E-state index contributed by atoms with van der Waals surface area (Å²) in [5, 5.41) is 0. The van der Waals surface area contributed by atoms with Gasteiger partial charge in [-0.15, -0.1) is 0 Å². The molecule has 0 saturated carbocycles. The second-order valence-corrected chi connectivity index (χ2v) is 6.01. The lowest BCUT2D eigenvalue weighted by atomic mass is 10.1. The highest BCUT2D eigenvalue weighted by Crippen LogP contribution is 2.47. The van der Waals surface area contributed by atoms with Crippen LogP contribution in [0.2, 0.25) is 0 Å². The fourth-order valence-electron chi connectivity index (χ4n) is 1.77. The Morgan fingerprint density at radius 2 is 1.78 bits per heavy atom. The van der Waals surface area contributed by atoms with E-state index in [1.807, 2.05) is 30.3 Å². The van der Waals surface area contributed by atoms with Crippen molar-refractivity contribution in [3.63, 3.8) is 0 Å². The number of ether oxygens (including phenoxy) is 1. The van der Waals surface area contributed by atoms with Crippen LogP contribution in [0.3, 0.4) is 0 Å². The van der Waals surface area contributed by atoms with Gasteiger partial charge in [-0.2, -0.15) is 0 Å². The number of halogens is 1. The molecule has 0 aromatic heterocycles. The van der Waals surface area contributed by atoms with Crippen LogP contribution in [0.15, 0.2) is 50.7 Å². The molecule has 0 unspecified atom stereocenters. The smallest absolute Gasteiger partial charge is 0.159 e. The van der Waals surface area contributed by atoms with Crippen molar-refractivity contribution in [3.8, 4) is 11.5 Å². The molecular weight excluding hydrogens is 312 g/mol. The molecule has 2 aromatic rings. The number of carbonyl (C=O) groups is 1. The zero-order chi connectivity index (χ0) is 12.7. The lowest BCUT2D eigenvalue weighted by molar-refractivity contribution is 0.101. The average Bonchev–Trinajstić information content (AvgIpc) is 2.35. The monoisotopic (exact) mass is 320 g/mol. The predicted octanol–water partition coefficient (Wildman–Crippen LogP) is 4.91. The first-order valence-electron chi connectivity index (χ1n) is 5.44. The van der Waals surface area contributed by atoms with Crippen LogP contribution in [0.5, 0.6) is 11.5 Å². The van der Waals surface area contributed by atoms with Gasteiger partial charge in [0, 0.05) is 10.0 Å². The molecule has 1 aliphatic heterocycles. The SMILES string of the molecule is CC(=O)c1ccc2c(c1)Sc1cc(Br)ccc1O2. The zero-order valence-electron chi connectivity index (χ0n) is 9.57. The molecule has 0 atom stereocenters. The number of carbonyl (C=O) groups excluding carboxylic acids is 1. The Bertz CT molecular complexity index is 652. The maximum Gasteiger partial charge on any atom is 0.159 e. The summed E-state index contributed by atoms with van der Waals surface area (Å²) < 4.78 is 6.83. The molecule has 0 saturated heterocycles. The minimum absolute atomic E-state index is 0.0680. The minimum Gasteiger partial charge on any atom is -0.455 e. The summed E-state index contributed by atoms with van der Waals surface area (Å²) in [6.45, 7) is 1.57. The average molecular weight is 321 g/mol. The first-order valence-corrected chi connectivity index (χ1v) is 7.05. The summed E-state index contributed by atoms with van der Waals surface area (Å²) in [6.07, 6.45) is 0. The van der Waals surface area contributed by atoms with Crippen LogP contribution in [-0.2, 0) is 0 Å². The highest BCUT2D eigenvalue weighted by atomic mass is 79.9. The van der Waals surface area contributed by atoms with Crippen molar-refractivity contribution in [2.45, 2.75) is 16.7 Å². The minimum atomic E-state index is 0.0680. The maximum atomic E-state index is 11.4. The number of benzene rings is 2. The van der Waals surface area contributed by atoms with Crippen molar-refractivity contribution in [3.05, 3.63) is 46.4 Å². The highest BCUT2D eigenvalue weighted by Gasteiger charge is 2.18. The molecule has 2 nitrogen and oxygen atoms in total. The lowest BCUT2D eigenvalue weighted by Crippen LogP contribution is -1.98. The van der Waals surface area contributed by atoms with Crippen LogP contribution in [-0.4, -0.2) is 5.78 Å². The molecule has 2 aromatic carbocycles. The second kappa shape index (κ2) is 4.44. The van der Waals surface area contributed by atoms with Crippen LogP contribution in [0.25, 0.3) is 0 Å². The van der Waals surface area contributed by atoms with Crippen molar-refractivity contribution < 1.29 is 9.53 Å². The molecular formula is C14H9BrO2S. The van der Waals surface area contributed by atoms with E-state index in [1.165, 1.54) is 0 Å². The molecule has 4 heteroatoms. The Balaban J connectivity index is 2.05. The van der Waals surface area contributed by atoms with Crippen molar-refractivity contribution >= 4 is 33.5 Å². The van der Waals surface area contributed by atoms with Gasteiger partial charge >= 0.3 is 0 Å². The molecule has 0 amide bonds. The van der Waals surface area contributed by atoms with Gasteiger partial charge in [-0.25, -0.2) is 0 Å². The second-order valence-electron chi connectivity index (χ2n) is 4.01. The fourth-order valence-corrected chi connectivity index (χ4v) is 3.32. The Morgan fingerprint density at radius 1 is 1.11 bits per heavy atom. The molecule has 0 aliphatic carbocycles. The van der Waals surface area contributed by atoms with E-state index in [1.54, 1.807) is 24.8 Å². The van der Waals surface area contributed by atoms with Gasteiger partial charge in [-0.05, 0) is 43.3 Å². The van der Waals surface area contributed by atoms with Crippen LogP contribution in [0, 0.1) is 0 Å². The molecule has 0 bridgehead atoms. The van der Waals surface area contributed by atoms with Crippen LogP contribution in [0.4, 0.5) is 0 Å². The van der Waals surface area contributed by atoms with E-state index in [9.17, 15) is 4.79 Å². The standard InChI is InChI=1S/C14H9BrO2S/c1-8(16)9-2-4-11-13(6-9)18-14-7-10(15)3-5-12(14)17-11/h2-7H,1H3. The number of Topliss-reactive ketones (excluding diaryl/α,β-unsaturated/α-hetero) is 1. The molecule has 0 spiro atoms. The Kier molecular flexibility index (Phi) is 2.92. The molecule has 0 fully saturated rings. The van der Waals surface area contributed by atoms with E-state index in [0.717, 1.165) is 25.8 Å². The third-order valence-electron chi connectivity index (χ3n) is 2.70. The van der Waals surface area contributed by atoms with E-state index in [-0.39, 0.29) is 5.78 Å². The summed E-state index contributed by atoms with van der Waals surface area (Å²) >= 11 is 5.07. The van der Waals surface area contributed by atoms with Crippen LogP contribution >= 0.6 is 27.7 Å². The van der Waals surface area contributed by atoms with Crippen LogP contribution in [0.1, 0.15) is 17.3 Å². The van der Waals surface area contributed by atoms with Gasteiger partial charge in [-0.1, -0.05) is 27.7 Å². The summed E-state index contributed by atoms with van der Waals surface area (Å²) in [7, 11) is 0. The van der Waals surface area contributed by atoms with Gasteiger partial charge < -0.3 is 4.74 Å². The highest BCUT2D eigenvalue weighted by molar-refractivity contribution is 9.10. The fraction of sp³-hybridized carbons (Fsp3) is 0.0714. The Hall–Kier alpha value is -1.26. The van der Waals surface area contributed by atoms with Gasteiger partial charge in [0.25, 0.3) is 0 Å². The number of fused-ring (bicyclic) bond motifs is 2. The van der Waals surface area contributed by atoms with E-state index in [2.05, 4.69) is 15.9 Å². The number of ketones is 1. The largest absolute Gasteiger partial charge is 0.455 e. The molecule has 0 N–H and O–H groups in total. The zero-order valence-corrected chi connectivity index (χ0v) is 12.0. The van der Waals surface area contributed by atoms with Gasteiger partial charge in [0.2, 0.25) is 0 Å². The first kappa shape index (κ1) is 11.8. The van der Waals surface area contributed by atoms with Gasteiger partial charge in [0.15, 0.2) is 5.78 Å². The number of hydrogen-bond acceptors (Lipinski definition) is 3. The normalized spacial score (nSPS) is 12.3. The van der Waals surface area contributed by atoms with E-state index < -0.39 is 0 Å². The van der Waals surface area contributed by atoms with Gasteiger partial charge in [0.1, 0.15) is 11.5 Å².